The molecule has 21 heavy (non-hydrogen) atoms. The Labute approximate surface area is 130 Å². The first kappa shape index (κ1) is 15.8. The zero-order chi connectivity index (χ0) is 15.4. The van der Waals surface area contributed by atoms with Crippen LogP contribution < -0.4 is 5.73 Å². The van der Waals surface area contributed by atoms with Gasteiger partial charge in [-0.15, -0.1) is 0 Å². The van der Waals surface area contributed by atoms with Crippen LogP contribution in [0.4, 0.5) is 0 Å². The first-order valence-electron chi connectivity index (χ1n) is 7.37. The van der Waals surface area contributed by atoms with Crippen molar-refractivity contribution in [2.24, 2.45) is 5.73 Å². The highest BCUT2D eigenvalue weighted by atomic mass is 35.5. The van der Waals surface area contributed by atoms with Gasteiger partial charge in [-0.3, -0.25) is 9.59 Å². The zero-order valence-electron chi connectivity index (χ0n) is 12.2. The summed E-state index contributed by atoms with van der Waals surface area (Å²) in [6.07, 6.45) is 2.75. The van der Waals surface area contributed by atoms with Crippen LogP contribution in [0.2, 0.25) is 5.02 Å². The van der Waals surface area contributed by atoms with Gasteiger partial charge in [-0.25, -0.2) is 0 Å². The number of halogens is 1. The molecule has 0 aromatic heterocycles. The third-order valence-corrected chi connectivity index (χ3v) is 4.34. The van der Waals surface area contributed by atoms with Crippen molar-refractivity contribution >= 4 is 23.4 Å². The molecule has 0 bridgehead atoms. The molecular formula is C16H21ClN2O2. The van der Waals surface area contributed by atoms with E-state index in [4.69, 9.17) is 17.3 Å². The minimum Gasteiger partial charge on any atom is -0.368 e. The molecule has 1 aliphatic rings. The van der Waals surface area contributed by atoms with Gasteiger partial charge in [0.2, 0.25) is 11.8 Å². The Hall–Kier alpha value is -1.55. The predicted molar refractivity (Wildman–Crippen MR) is 83.0 cm³/mol. The number of rotatable bonds is 4. The summed E-state index contributed by atoms with van der Waals surface area (Å²) < 4.78 is 0. The Bertz CT molecular complexity index is 533. The van der Waals surface area contributed by atoms with Crippen molar-refractivity contribution in [2.75, 3.05) is 6.54 Å². The molecule has 0 saturated carbocycles. The van der Waals surface area contributed by atoms with Crippen LogP contribution in [-0.2, 0) is 9.59 Å². The lowest BCUT2D eigenvalue weighted by Crippen LogP contribution is -2.47. The molecule has 2 amide bonds. The summed E-state index contributed by atoms with van der Waals surface area (Å²) in [5.74, 6) is -0.262. The number of primary amides is 1. The molecule has 0 spiro atoms. The van der Waals surface area contributed by atoms with Gasteiger partial charge in [-0.05, 0) is 42.9 Å². The van der Waals surface area contributed by atoms with Gasteiger partial charge >= 0.3 is 0 Å². The number of carbonyl (C=O) groups excluding carboxylic acids is 2. The first-order valence-corrected chi connectivity index (χ1v) is 7.75. The van der Waals surface area contributed by atoms with E-state index < -0.39 is 11.9 Å². The van der Waals surface area contributed by atoms with E-state index in [-0.39, 0.29) is 11.8 Å². The Balaban J connectivity index is 2.15. The average molecular weight is 309 g/mol. The molecule has 5 heteroatoms. The SMILES string of the molecule is CCC(C(N)=O)N1CCCC(c2cccc(Cl)c2)CC1=O. The summed E-state index contributed by atoms with van der Waals surface area (Å²) >= 11 is 6.03. The molecule has 1 aliphatic heterocycles. The summed E-state index contributed by atoms with van der Waals surface area (Å²) in [7, 11) is 0. The van der Waals surface area contributed by atoms with Crippen LogP contribution in [-0.4, -0.2) is 29.3 Å². The molecule has 1 aromatic carbocycles. The van der Waals surface area contributed by atoms with E-state index in [2.05, 4.69) is 0 Å². The zero-order valence-corrected chi connectivity index (χ0v) is 13.0. The summed E-state index contributed by atoms with van der Waals surface area (Å²) in [6, 6.07) is 7.17. The maximum absolute atomic E-state index is 12.5. The molecule has 2 atom stereocenters. The van der Waals surface area contributed by atoms with Crippen molar-refractivity contribution in [3.8, 4) is 0 Å². The van der Waals surface area contributed by atoms with Crippen LogP contribution in [0.25, 0.3) is 0 Å². The third-order valence-electron chi connectivity index (χ3n) is 4.10. The fourth-order valence-electron chi connectivity index (χ4n) is 3.01. The summed E-state index contributed by atoms with van der Waals surface area (Å²) in [6.45, 7) is 2.47. The normalized spacial score (nSPS) is 21.0. The van der Waals surface area contributed by atoms with Crippen molar-refractivity contribution in [3.63, 3.8) is 0 Å². The Morgan fingerprint density at radius 3 is 2.90 bits per heavy atom. The van der Waals surface area contributed by atoms with Crippen LogP contribution in [0.3, 0.4) is 0 Å². The second kappa shape index (κ2) is 6.94. The molecule has 2 rings (SSSR count). The van der Waals surface area contributed by atoms with E-state index in [1.807, 2.05) is 31.2 Å². The lowest BCUT2D eigenvalue weighted by molar-refractivity contribution is -0.139. The molecule has 114 valence electrons. The minimum atomic E-state index is -0.490. The van der Waals surface area contributed by atoms with Crippen LogP contribution in [0.1, 0.15) is 44.1 Å². The molecule has 1 fully saturated rings. The van der Waals surface area contributed by atoms with Crippen molar-refractivity contribution < 1.29 is 9.59 Å². The number of hydrogen-bond donors (Lipinski definition) is 1. The molecule has 2 unspecified atom stereocenters. The van der Waals surface area contributed by atoms with Crippen molar-refractivity contribution in [1.29, 1.82) is 0 Å². The first-order chi connectivity index (χ1) is 10.0. The highest BCUT2D eigenvalue weighted by Crippen LogP contribution is 2.30. The maximum atomic E-state index is 12.5. The van der Waals surface area contributed by atoms with E-state index >= 15 is 0 Å². The largest absolute Gasteiger partial charge is 0.368 e. The van der Waals surface area contributed by atoms with Crippen molar-refractivity contribution in [3.05, 3.63) is 34.9 Å². The number of benzene rings is 1. The standard InChI is InChI=1S/C16H21ClN2O2/c1-2-14(16(18)21)19-8-4-6-12(10-15(19)20)11-5-3-7-13(17)9-11/h3,5,7,9,12,14H,2,4,6,8,10H2,1H3,(H2,18,21). The van der Waals surface area contributed by atoms with E-state index in [0.29, 0.717) is 24.4 Å². The number of amides is 2. The van der Waals surface area contributed by atoms with Crippen LogP contribution in [0, 0.1) is 0 Å². The van der Waals surface area contributed by atoms with Crippen LogP contribution >= 0.6 is 11.6 Å². The number of hydrogen-bond acceptors (Lipinski definition) is 2. The lowest BCUT2D eigenvalue weighted by atomic mass is 9.92. The van der Waals surface area contributed by atoms with E-state index in [1.165, 1.54) is 0 Å². The van der Waals surface area contributed by atoms with Crippen LogP contribution in [0.15, 0.2) is 24.3 Å². The molecule has 2 N–H and O–H groups in total. The molecule has 1 saturated heterocycles. The number of nitrogens with two attached hydrogens (primary N) is 1. The highest BCUT2D eigenvalue weighted by Gasteiger charge is 2.31. The van der Waals surface area contributed by atoms with Gasteiger partial charge in [-0.2, -0.15) is 0 Å². The van der Waals surface area contributed by atoms with Gasteiger partial charge in [0.05, 0.1) is 0 Å². The molecule has 1 heterocycles. The fourth-order valence-corrected chi connectivity index (χ4v) is 3.21. The van der Waals surface area contributed by atoms with Crippen molar-refractivity contribution in [1.82, 2.24) is 4.90 Å². The Kier molecular flexibility index (Phi) is 5.23. The third kappa shape index (κ3) is 3.76. The smallest absolute Gasteiger partial charge is 0.240 e. The Morgan fingerprint density at radius 2 is 2.29 bits per heavy atom. The van der Waals surface area contributed by atoms with Gasteiger partial charge in [0.25, 0.3) is 0 Å². The predicted octanol–water partition coefficient (Wildman–Crippen LogP) is 2.70. The fraction of sp³-hybridized carbons (Fsp3) is 0.500. The Morgan fingerprint density at radius 1 is 1.52 bits per heavy atom. The molecule has 4 nitrogen and oxygen atoms in total. The molecular weight excluding hydrogens is 288 g/mol. The molecule has 0 aliphatic carbocycles. The quantitative estimate of drug-likeness (QED) is 0.929. The minimum absolute atomic E-state index is 0.00289. The van der Waals surface area contributed by atoms with E-state index in [1.54, 1.807) is 4.90 Å². The van der Waals surface area contributed by atoms with Gasteiger partial charge in [0.1, 0.15) is 6.04 Å². The monoisotopic (exact) mass is 308 g/mol. The second-order valence-electron chi connectivity index (χ2n) is 5.51. The van der Waals surface area contributed by atoms with E-state index in [0.717, 1.165) is 18.4 Å². The summed E-state index contributed by atoms with van der Waals surface area (Å²) in [4.78, 5) is 25.6. The van der Waals surface area contributed by atoms with Crippen molar-refractivity contribution in [2.45, 2.75) is 44.6 Å². The second-order valence-corrected chi connectivity index (χ2v) is 5.95. The topological polar surface area (TPSA) is 63.4 Å². The average Bonchev–Trinajstić information content (AvgIpc) is 2.62. The van der Waals surface area contributed by atoms with Gasteiger partial charge in [-0.1, -0.05) is 30.7 Å². The van der Waals surface area contributed by atoms with Crippen LogP contribution in [0.5, 0.6) is 0 Å². The van der Waals surface area contributed by atoms with Gasteiger partial charge in [0.15, 0.2) is 0 Å². The lowest BCUT2D eigenvalue weighted by Gasteiger charge is -2.27. The van der Waals surface area contributed by atoms with Gasteiger partial charge in [0, 0.05) is 18.0 Å². The number of nitrogens with zero attached hydrogens (tertiary/aromatic N) is 1. The number of carbonyl (C=O) groups is 2. The summed E-state index contributed by atoms with van der Waals surface area (Å²) in [5, 5.41) is 0.685. The summed E-state index contributed by atoms with van der Waals surface area (Å²) in [5.41, 5.74) is 6.49. The van der Waals surface area contributed by atoms with Gasteiger partial charge < -0.3 is 10.6 Å². The molecule has 1 aromatic rings. The molecule has 0 radical (unpaired) electrons. The highest BCUT2D eigenvalue weighted by molar-refractivity contribution is 6.30. The maximum Gasteiger partial charge on any atom is 0.240 e. The van der Waals surface area contributed by atoms with E-state index in [9.17, 15) is 9.59 Å². The number of likely N-dealkylation sites (tertiary alicyclic amines) is 1.